The Balaban J connectivity index is 1.91. The molecule has 1 unspecified atom stereocenters. The predicted octanol–water partition coefficient (Wildman–Crippen LogP) is 4.91. The summed E-state index contributed by atoms with van der Waals surface area (Å²) in [5.74, 6) is 1.76. The van der Waals surface area contributed by atoms with Gasteiger partial charge in [-0.05, 0) is 57.6 Å². The monoisotopic (exact) mass is 324 g/mol. The van der Waals surface area contributed by atoms with Crippen LogP contribution in [0.4, 0.5) is 17.5 Å². The van der Waals surface area contributed by atoms with Gasteiger partial charge in [0.25, 0.3) is 0 Å². The van der Waals surface area contributed by atoms with Crippen LogP contribution in [0.1, 0.15) is 49.4 Å². The van der Waals surface area contributed by atoms with E-state index in [4.69, 9.17) is 4.98 Å². The van der Waals surface area contributed by atoms with Gasteiger partial charge in [-0.3, -0.25) is 0 Å². The first-order valence-electron chi connectivity index (χ1n) is 9.04. The minimum Gasteiger partial charge on any atom is -0.353 e. The van der Waals surface area contributed by atoms with Crippen LogP contribution in [0.25, 0.3) is 0 Å². The topological polar surface area (TPSA) is 41.1 Å². The van der Waals surface area contributed by atoms with Gasteiger partial charge in [-0.2, -0.15) is 4.98 Å². The summed E-state index contributed by atoms with van der Waals surface area (Å²) in [5, 5.41) is 3.44. The van der Waals surface area contributed by atoms with Crippen LogP contribution in [0.15, 0.2) is 24.3 Å². The fourth-order valence-electron chi connectivity index (χ4n) is 3.61. The Labute approximate surface area is 145 Å². The summed E-state index contributed by atoms with van der Waals surface area (Å²) < 4.78 is 0. The van der Waals surface area contributed by atoms with Crippen LogP contribution in [0.3, 0.4) is 0 Å². The molecule has 3 rings (SSSR count). The zero-order valence-electron chi connectivity index (χ0n) is 15.3. The van der Waals surface area contributed by atoms with E-state index in [0.29, 0.717) is 12.0 Å². The molecule has 128 valence electrons. The van der Waals surface area contributed by atoms with E-state index in [1.165, 1.54) is 36.8 Å². The van der Waals surface area contributed by atoms with Gasteiger partial charge >= 0.3 is 0 Å². The lowest BCUT2D eigenvalue weighted by atomic mass is 10.00. The van der Waals surface area contributed by atoms with Crippen LogP contribution in [0.5, 0.6) is 0 Å². The molecule has 1 aromatic carbocycles. The molecule has 0 bridgehead atoms. The van der Waals surface area contributed by atoms with Gasteiger partial charge in [0.1, 0.15) is 5.82 Å². The van der Waals surface area contributed by atoms with Crippen molar-refractivity contribution in [2.75, 3.05) is 16.8 Å². The zero-order chi connectivity index (χ0) is 17.1. The summed E-state index contributed by atoms with van der Waals surface area (Å²) in [5.41, 5.74) is 4.55. The second-order valence-electron chi connectivity index (χ2n) is 6.83. The molecule has 0 spiro atoms. The van der Waals surface area contributed by atoms with E-state index >= 15 is 0 Å². The van der Waals surface area contributed by atoms with Crippen molar-refractivity contribution in [1.29, 1.82) is 0 Å². The first-order chi connectivity index (χ1) is 11.6. The Morgan fingerprint density at radius 2 is 1.88 bits per heavy atom. The molecule has 1 aliphatic rings. The average molecular weight is 324 g/mol. The number of nitrogens with one attached hydrogen (secondary N) is 1. The number of hydrogen-bond acceptors (Lipinski definition) is 4. The predicted molar refractivity (Wildman–Crippen MR) is 101 cm³/mol. The Hall–Kier alpha value is -2.10. The highest BCUT2D eigenvalue weighted by Crippen LogP contribution is 2.28. The Bertz CT molecular complexity index is 691. The maximum atomic E-state index is 4.84. The average Bonchev–Trinajstić information content (AvgIpc) is 2.58. The third-order valence-electron chi connectivity index (χ3n) is 4.95. The Morgan fingerprint density at radius 1 is 1.12 bits per heavy atom. The van der Waals surface area contributed by atoms with Gasteiger partial charge in [0.15, 0.2) is 0 Å². The van der Waals surface area contributed by atoms with Crippen LogP contribution in [-0.2, 0) is 0 Å². The van der Waals surface area contributed by atoms with Crippen LogP contribution >= 0.6 is 0 Å². The molecule has 1 N–H and O–H groups in total. The van der Waals surface area contributed by atoms with E-state index in [1.54, 1.807) is 0 Å². The molecule has 4 heteroatoms. The van der Waals surface area contributed by atoms with Gasteiger partial charge in [-0.1, -0.05) is 25.1 Å². The quantitative estimate of drug-likeness (QED) is 0.867. The molecule has 0 aliphatic carbocycles. The number of hydrogen-bond donors (Lipinski definition) is 1. The molecule has 0 amide bonds. The standard InChI is InChI=1S/C20H28N4/c1-5-17-11-6-7-12-24(17)18-13-16(4)21-20(22-18)23-19-14(2)9-8-10-15(19)3/h8-10,13,17H,5-7,11-12H2,1-4H3,(H,21,22,23). The first kappa shape index (κ1) is 16.7. The van der Waals surface area contributed by atoms with Crippen LogP contribution in [0, 0.1) is 20.8 Å². The van der Waals surface area contributed by atoms with Gasteiger partial charge in [-0.25, -0.2) is 4.98 Å². The molecule has 24 heavy (non-hydrogen) atoms. The summed E-state index contributed by atoms with van der Waals surface area (Å²) in [6.07, 6.45) is 5.01. The van der Waals surface area contributed by atoms with Crippen molar-refractivity contribution in [1.82, 2.24) is 9.97 Å². The number of piperidine rings is 1. The molecule has 0 saturated carbocycles. The number of anilines is 3. The SMILES string of the molecule is CCC1CCCCN1c1cc(C)nc(Nc2c(C)cccc2C)n1. The number of nitrogens with zero attached hydrogens (tertiary/aromatic N) is 3. The molecule has 4 nitrogen and oxygen atoms in total. The molecule has 1 aromatic heterocycles. The van der Waals surface area contributed by atoms with Crippen LogP contribution in [0.2, 0.25) is 0 Å². The molecule has 1 fully saturated rings. The van der Waals surface area contributed by atoms with Crippen molar-refractivity contribution in [3.8, 4) is 0 Å². The van der Waals surface area contributed by atoms with Crippen molar-refractivity contribution in [2.24, 2.45) is 0 Å². The number of aryl methyl sites for hydroxylation is 3. The smallest absolute Gasteiger partial charge is 0.229 e. The van der Waals surface area contributed by atoms with E-state index in [-0.39, 0.29) is 0 Å². The maximum Gasteiger partial charge on any atom is 0.229 e. The van der Waals surface area contributed by atoms with Crippen molar-refractivity contribution in [3.63, 3.8) is 0 Å². The highest BCUT2D eigenvalue weighted by atomic mass is 15.2. The normalized spacial score (nSPS) is 17.8. The molecule has 0 radical (unpaired) electrons. The number of aromatic nitrogens is 2. The molecular weight excluding hydrogens is 296 g/mol. The molecule has 1 atom stereocenters. The van der Waals surface area contributed by atoms with Gasteiger partial charge in [0.2, 0.25) is 5.95 Å². The summed E-state index contributed by atoms with van der Waals surface area (Å²) in [6.45, 7) is 9.64. The first-order valence-corrected chi connectivity index (χ1v) is 9.04. The number of rotatable bonds is 4. The lowest BCUT2D eigenvalue weighted by Crippen LogP contribution is -2.39. The summed E-state index contributed by atoms with van der Waals surface area (Å²) in [7, 11) is 0. The third-order valence-corrected chi connectivity index (χ3v) is 4.95. The van der Waals surface area contributed by atoms with Crippen molar-refractivity contribution >= 4 is 17.5 Å². The van der Waals surface area contributed by atoms with Gasteiger partial charge in [0.05, 0.1) is 0 Å². The fourth-order valence-corrected chi connectivity index (χ4v) is 3.61. The van der Waals surface area contributed by atoms with Crippen molar-refractivity contribution < 1.29 is 0 Å². The fraction of sp³-hybridized carbons (Fsp3) is 0.500. The van der Waals surface area contributed by atoms with E-state index in [0.717, 1.165) is 23.7 Å². The molecular formula is C20H28N4. The van der Waals surface area contributed by atoms with Crippen molar-refractivity contribution in [2.45, 2.75) is 59.4 Å². The van der Waals surface area contributed by atoms with E-state index in [2.05, 4.69) is 60.2 Å². The van der Waals surface area contributed by atoms with Gasteiger partial charge in [-0.15, -0.1) is 0 Å². The van der Waals surface area contributed by atoms with E-state index in [9.17, 15) is 0 Å². The lowest BCUT2D eigenvalue weighted by Gasteiger charge is -2.36. The van der Waals surface area contributed by atoms with Crippen molar-refractivity contribution in [3.05, 3.63) is 41.1 Å². The second-order valence-corrected chi connectivity index (χ2v) is 6.83. The third kappa shape index (κ3) is 3.53. The summed E-state index contributed by atoms with van der Waals surface area (Å²) in [4.78, 5) is 11.9. The molecule has 1 saturated heterocycles. The minimum absolute atomic E-state index is 0.598. The number of para-hydroxylation sites is 1. The van der Waals surface area contributed by atoms with Crippen LogP contribution in [-0.4, -0.2) is 22.6 Å². The molecule has 2 heterocycles. The van der Waals surface area contributed by atoms with Crippen LogP contribution < -0.4 is 10.2 Å². The highest BCUT2D eigenvalue weighted by Gasteiger charge is 2.22. The second kappa shape index (κ2) is 7.20. The zero-order valence-corrected chi connectivity index (χ0v) is 15.3. The minimum atomic E-state index is 0.598. The largest absolute Gasteiger partial charge is 0.353 e. The maximum absolute atomic E-state index is 4.84. The molecule has 2 aromatic rings. The Morgan fingerprint density at radius 3 is 2.58 bits per heavy atom. The summed E-state index contributed by atoms with van der Waals surface area (Å²) >= 11 is 0. The highest BCUT2D eigenvalue weighted by molar-refractivity contribution is 5.63. The summed E-state index contributed by atoms with van der Waals surface area (Å²) in [6, 6.07) is 9.02. The molecule has 1 aliphatic heterocycles. The lowest BCUT2D eigenvalue weighted by molar-refractivity contribution is 0.446. The van der Waals surface area contributed by atoms with Gasteiger partial charge in [0, 0.05) is 30.0 Å². The Kier molecular flexibility index (Phi) is 5.03. The van der Waals surface area contributed by atoms with Gasteiger partial charge < -0.3 is 10.2 Å². The van der Waals surface area contributed by atoms with E-state index < -0.39 is 0 Å². The number of benzene rings is 1. The van der Waals surface area contributed by atoms with E-state index in [1.807, 2.05) is 6.92 Å².